The van der Waals surface area contributed by atoms with Crippen molar-refractivity contribution in [3.8, 4) is 11.5 Å². The number of carbonyl (C=O) groups excluding carboxylic acids is 2. The maximum atomic E-state index is 12.1. The van der Waals surface area contributed by atoms with Gasteiger partial charge in [0, 0.05) is 29.6 Å². The minimum atomic E-state index is -0.199. The number of ether oxygens (including phenoxy) is 2. The first-order valence-electron chi connectivity index (χ1n) is 8.39. The van der Waals surface area contributed by atoms with Crippen LogP contribution in [0.3, 0.4) is 0 Å². The van der Waals surface area contributed by atoms with Gasteiger partial charge in [0.1, 0.15) is 11.5 Å². The highest BCUT2D eigenvalue weighted by Crippen LogP contribution is 2.25. The fraction of sp³-hybridized carbons (Fsp3) is 0.300. The molecule has 0 radical (unpaired) electrons. The van der Waals surface area contributed by atoms with E-state index in [1.54, 1.807) is 32.4 Å². The highest BCUT2D eigenvalue weighted by molar-refractivity contribution is 8.00. The zero-order chi connectivity index (χ0) is 19.8. The second-order valence-electron chi connectivity index (χ2n) is 6.01. The summed E-state index contributed by atoms with van der Waals surface area (Å²) in [6.45, 7) is 3.95. The Kier molecular flexibility index (Phi) is 7.55. The summed E-state index contributed by atoms with van der Waals surface area (Å²) >= 11 is 1.25. The van der Waals surface area contributed by atoms with E-state index in [0.29, 0.717) is 17.2 Å². The van der Waals surface area contributed by atoms with Crippen molar-refractivity contribution in [1.82, 2.24) is 0 Å². The van der Waals surface area contributed by atoms with Crippen LogP contribution in [0.5, 0.6) is 11.5 Å². The molecule has 0 saturated carbocycles. The van der Waals surface area contributed by atoms with Crippen molar-refractivity contribution in [3.63, 3.8) is 0 Å². The number of nitrogens with one attached hydrogen (secondary N) is 2. The van der Waals surface area contributed by atoms with Crippen LogP contribution in [-0.4, -0.2) is 37.5 Å². The first-order valence-corrected chi connectivity index (χ1v) is 9.54. The standard InChI is InChI=1S/C20H24N2O4S/c1-13-5-6-18(14(2)7-13)22-20(24)12-27-11-19(23)21-15-8-16(25-3)10-17(9-15)26-4/h5-10H,11-12H2,1-4H3,(H,21,23)(H,22,24). The molecule has 2 aromatic carbocycles. The highest BCUT2D eigenvalue weighted by Gasteiger charge is 2.09. The fourth-order valence-corrected chi connectivity index (χ4v) is 3.07. The van der Waals surface area contributed by atoms with Gasteiger partial charge in [-0.1, -0.05) is 17.7 Å². The van der Waals surface area contributed by atoms with E-state index in [9.17, 15) is 9.59 Å². The van der Waals surface area contributed by atoms with Crippen molar-refractivity contribution in [1.29, 1.82) is 0 Å². The van der Waals surface area contributed by atoms with Gasteiger partial charge < -0.3 is 20.1 Å². The van der Waals surface area contributed by atoms with E-state index in [-0.39, 0.29) is 23.3 Å². The van der Waals surface area contributed by atoms with Crippen molar-refractivity contribution in [2.75, 3.05) is 36.4 Å². The number of hydrogen-bond donors (Lipinski definition) is 2. The van der Waals surface area contributed by atoms with Crippen molar-refractivity contribution in [2.45, 2.75) is 13.8 Å². The Morgan fingerprint density at radius 3 is 2.04 bits per heavy atom. The predicted molar refractivity (Wildman–Crippen MR) is 110 cm³/mol. The van der Waals surface area contributed by atoms with Gasteiger partial charge in [0.05, 0.1) is 25.7 Å². The Hall–Kier alpha value is -2.67. The molecule has 0 aromatic heterocycles. The normalized spacial score (nSPS) is 10.2. The topological polar surface area (TPSA) is 76.7 Å². The number of methoxy groups -OCH3 is 2. The molecule has 0 unspecified atom stereocenters. The molecular weight excluding hydrogens is 364 g/mol. The fourth-order valence-electron chi connectivity index (χ4n) is 2.45. The molecule has 2 N–H and O–H groups in total. The Labute approximate surface area is 163 Å². The van der Waals surface area contributed by atoms with E-state index in [0.717, 1.165) is 16.8 Å². The molecule has 0 atom stereocenters. The molecule has 2 aromatic rings. The van der Waals surface area contributed by atoms with Crippen LogP contribution in [0.15, 0.2) is 36.4 Å². The van der Waals surface area contributed by atoms with Crippen LogP contribution < -0.4 is 20.1 Å². The number of anilines is 2. The zero-order valence-corrected chi connectivity index (χ0v) is 16.7. The lowest BCUT2D eigenvalue weighted by atomic mass is 10.1. The van der Waals surface area contributed by atoms with Crippen LogP contribution in [-0.2, 0) is 9.59 Å². The predicted octanol–water partition coefficient (Wildman–Crippen LogP) is 3.63. The van der Waals surface area contributed by atoms with Crippen LogP contribution in [0.2, 0.25) is 0 Å². The maximum Gasteiger partial charge on any atom is 0.234 e. The lowest BCUT2D eigenvalue weighted by Gasteiger charge is -2.10. The van der Waals surface area contributed by atoms with E-state index in [2.05, 4.69) is 10.6 Å². The van der Waals surface area contributed by atoms with Crippen LogP contribution in [0.1, 0.15) is 11.1 Å². The first kappa shape index (κ1) is 20.6. The summed E-state index contributed by atoms with van der Waals surface area (Å²) in [7, 11) is 3.09. The molecule has 7 heteroatoms. The Morgan fingerprint density at radius 2 is 1.48 bits per heavy atom. The highest BCUT2D eigenvalue weighted by atomic mass is 32.2. The minimum absolute atomic E-state index is 0.136. The molecule has 0 aliphatic heterocycles. The Bertz CT molecular complexity index is 801. The third kappa shape index (κ3) is 6.53. The molecular formula is C20H24N2O4S. The van der Waals surface area contributed by atoms with E-state index in [4.69, 9.17) is 9.47 Å². The summed E-state index contributed by atoms with van der Waals surface area (Å²) in [5, 5.41) is 5.65. The molecule has 144 valence electrons. The van der Waals surface area contributed by atoms with Gasteiger partial charge in [0.2, 0.25) is 11.8 Å². The second kappa shape index (κ2) is 9.87. The van der Waals surface area contributed by atoms with Gasteiger partial charge in [-0.15, -0.1) is 11.8 Å². The van der Waals surface area contributed by atoms with Crippen molar-refractivity contribution in [3.05, 3.63) is 47.5 Å². The average molecular weight is 388 g/mol. The van der Waals surface area contributed by atoms with Crippen molar-refractivity contribution >= 4 is 35.0 Å². The molecule has 2 amide bonds. The van der Waals surface area contributed by atoms with Gasteiger partial charge in [-0.3, -0.25) is 9.59 Å². The minimum Gasteiger partial charge on any atom is -0.497 e. The van der Waals surface area contributed by atoms with Crippen LogP contribution in [0.4, 0.5) is 11.4 Å². The number of rotatable bonds is 8. The lowest BCUT2D eigenvalue weighted by molar-refractivity contribution is -0.114. The molecule has 0 aliphatic rings. The van der Waals surface area contributed by atoms with Crippen molar-refractivity contribution < 1.29 is 19.1 Å². The SMILES string of the molecule is COc1cc(NC(=O)CSCC(=O)Nc2ccc(C)cc2C)cc(OC)c1. The zero-order valence-electron chi connectivity index (χ0n) is 15.9. The maximum absolute atomic E-state index is 12.1. The summed E-state index contributed by atoms with van der Waals surface area (Å²) in [4.78, 5) is 24.2. The number of carbonyl (C=O) groups is 2. The quantitative estimate of drug-likeness (QED) is 0.722. The lowest BCUT2D eigenvalue weighted by Crippen LogP contribution is -2.18. The number of aryl methyl sites for hydroxylation is 2. The second-order valence-corrected chi connectivity index (χ2v) is 6.99. The van der Waals surface area contributed by atoms with Crippen LogP contribution in [0.25, 0.3) is 0 Å². The van der Waals surface area contributed by atoms with E-state index in [1.807, 2.05) is 32.0 Å². The molecule has 0 heterocycles. The largest absolute Gasteiger partial charge is 0.497 e. The summed E-state index contributed by atoms with van der Waals surface area (Å²) in [5.41, 5.74) is 3.53. The third-order valence-electron chi connectivity index (χ3n) is 3.76. The molecule has 0 aliphatic carbocycles. The summed E-state index contributed by atoms with van der Waals surface area (Å²) in [5.74, 6) is 1.20. The van der Waals surface area contributed by atoms with Gasteiger partial charge >= 0.3 is 0 Å². The van der Waals surface area contributed by atoms with E-state index in [1.165, 1.54) is 11.8 Å². The number of hydrogen-bond acceptors (Lipinski definition) is 5. The Balaban J connectivity index is 1.81. The molecule has 0 spiro atoms. The molecule has 27 heavy (non-hydrogen) atoms. The van der Waals surface area contributed by atoms with Gasteiger partial charge in [-0.25, -0.2) is 0 Å². The van der Waals surface area contributed by atoms with Gasteiger partial charge in [-0.05, 0) is 25.5 Å². The number of benzene rings is 2. The van der Waals surface area contributed by atoms with Gasteiger partial charge in [0.25, 0.3) is 0 Å². The molecule has 0 saturated heterocycles. The molecule has 0 bridgehead atoms. The summed E-state index contributed by atoms with van der Waals surface area (Å²) in [6.07, 6.45) is 0. The van der Waals surface area contributed by atoms with E-state index >= 15 is 0 Å². The number of thioether (sulfide) groups is 1. The van der Waals surface area contributed by atoms with E-state index < -0.39 is 0 Å². The monoisotopic (exact) mass is 388 g/mol. The average Bonchev–Trinajstić information content (AvgIpc) is 2.63. The summed E-state index contributed by atoms with van der Waals surface area (Å²) < 4.78 is 10.4. The third-order valence-corrected chi connectivity index (χ3v) is 4.69. The van der Waals surface area contributed by atoms with Gasteiger partial charge in [-0.2, -0.15) is 0 Å². The van der Waals surface area contributed by atoms with Gasteiger partial charge in [0.15, 0.2) is 0 Å². The van der Waals surface area contributed by atoms with Crippen molar-refractivity contribution in [2.24, 2.45) is 0 Å². The molecule has 6 nitrogen and oxygen atoms in total. The molecule has 2 rings (SSSR count). The van der Waals surface area contributed by atoms with Crippen LogP contribution >= 0.6 is 11.8 Å². The summed E-state index contributed by atoms with van der Waals surface area (Å²) in [6, 6.07) is 11.0. The first-order chi connectivity index (χ1) is 12.9. The molecule has 0 fully saturated rings. The Morgan fingerprint density at radius 1 is 0.889 bits per heavy atom. The van der Waals surface area contributed by atoms with Crippen LogP contribution in [0, 0.1) is 13.8 Å². The smallest absolute Gasteiger partial charge is 0.234 e. The number of amides is 2.